The Balaban J connectivity index is 2.35. The molecule has 1 aliphatic heterocycles. The quantitative estimate of drug-likeness (QED) is 0.767. The maximum Gasteiger partial charge on any atom is 0.143 e. The molecule has 18 heavy (non-hydrogen) atoms. The Labute approximate surface area is 109 Å². The number of benzene rings is 1. The number of hydrogen-bond acceptors (Lipinski definition) is 3. The highest BCUT2D eigenvalue weighted by Crippen LogP contribution is 2.35. The number of anilines is 1. The predicted octanol–water partition coefficient (Wildman–Crippen LogP) is 3.00. The smallest absolute Gasteiger partial charge is 0.143 e. The van der Waals surface area contributed by atoms with Crippen LogP contribution >= 0.6 is 0 Å². The van der Waals surface area contributed by atoms with Gasteiger partial charge in [0.05, 0.1) is 18.3 Å². The highest BCUT2D eigenvalue weighted by atomic mass is 16.5. The minimum absolute atomic E-state index is 0.165. The highest BCUT2D eigenvalue weighted by molar-refractivity contribution is 5.62. The van der Waals surface area contributed by atoms with Gasteiger partial charge in [-0.1, -0.05) is 26.8 Å². The minimum atomic E-state index is 0.165. The average Bonchev–Trinajstić information content (AvgIpc) is 2.38. The minimum Gasteiger partial charge on any atom is -0.486 e. The molecule has 0 aromatic heterocycles. The van der Waals surface area contributed by atoms with Crippen LogP contribution < -0.4 is 9.64 Å². The molecule has 0 fully saturated rings. The fourth-order valence-electron chi connectivity index (χ4n) is 2.23. The van der Waals surface area contributed by atoms with Gasteiger partial charge in [0.25, 0.3) is 0 Å². The first-order valence-corrected chi connectivity index (χ1v) is 6.57. The van der Waals surface area contributed by atoms with Crippen LogP contribution in [-0.4, -0.2) is 19.2 Å². The van der Waals surface area contributed by atoms with Gasteiger partial charge in [-0.2, -0.15) is 5.26 Å². The molecule has 1 atom stereocenters. The number of hydrogen-bond donors (Lipinski definition) is 0. The van der Waals surface area contributed by atoms with Crippen molar-refractivity contribution in [2.45, 2.75) is 33.3 Å². The summed E-state index contributed by atoms with van der Waals surface area (Å²) < 4.78 is 6.02. The van der Waals surface area contributed by atoms with Crippen LogP contribution in [0.5, 0.6) is 5.75 Å². The van der Waals surface area contributed by atoms with E-state index in [0.717, 1.165) is 24.4 Å². The maximum atomic E-state index is 8.96. The zero-order valence-electron chi connectivity index (χ0n) is 11.3. The standard InChI is InChI=1S/C15H20N2O/c1-4-12-5-6-14-13(9-12)17(8-7-16)10-15(18-14)11(2)3/h5-6,9,11,15H,4,8,10H2,1-3H3. The molecule has 3 nitrogen and oxygen atoms in total. The van der Waals surface area contributed by atoms with E-state index in [-0.39, 0.29) is 6.10 Å². The first-order chi connectivity index (χ1) is 8.65. The fraction of sp³-hybridized carbons (Fsp3) is 0.533. The van der Waals surface area contributed by atoms with E-state index in [1.165, 1.54) is 5.56 Å². The molecule has 1 aromatic rings. The van der Waals surface area contributed by atoms with Crippen LogP contribution in [0.3, 0.4) is 0 Å². The molecule has 0 saturated carbocycles. The van der Waals surface area contributed by atoms with Crippen LogP contribution in [-0.2, 0) is 6.42 Å². The third-order valence-electron chi connectivity index (χ3n) is 3.46. The lowest BCUT2D eigenvalue weighted by atomic mass is 10.0. The molecule has 96 valence electrons. The van der Waals surface area contributed by atoms with Gasteiger partial charge in [0.2, 0.25) is 0 Å². The second kappa shape index (κ2) is 5.30. The number of ether oxygens (including phenoxy) is 1. The normalized spacial score (nSPS) is 18.2. The van der Waals surface area contributed by atoms with Gasteiger partial charge in [0.1, 0.15) is 18.4 Å². The SMILES string of the molecule is CCc1ccc2c(c1)N(CC#N)CC(C(C)C)O2. The van der Waals surface area contributed by atoms with Gasteiger partial charge >= 0.3 is 0 Å². The Kier molecular flexibility index (Phi) is 3.76. The van der Waals surface area contributed by atoms with Crippen LogP contribution in [0.2, 0.25) is 0 Å². The van der Waals surface area contributed by atoms with Crippen molar-refractivity contribution in [1.82, 2.24) is 0 Å². The van der Waals surface area contributed by atoms with Crippen LogP contribution in [0.15, 0.2) is 18.2 Å². The molecule has 1 heterocycles. The van der Waals surface area contributed by atoms with E-state index < -0.39 is 0 Å². The Morgan fingerprint density at radius 2 is 2.28 bits per heavy atom. The van der Waals surface area contributed by atoms with Crippen LogP contribution in [0, 0.1) is 17.2 Å². The first kappa shape index (κ1) is 12.8. The summed E-state index contributed by atoms with van der Waals surface area (Å²) in [4.78, 5) is 2.13. The van der Waals surface area contributed by atoms with Crippen LogP contribution in [0.1, 0.15) is 26.3 Å². The number of aryl methyl sites for hydroxylation is 1. The lowest BCUT2D eigenvalue weighted by Crippen LogP contribution is -2.43. The number of rotatable bonds is 3. The number of fused-ring (bicyclic) bond motifs is 1. The van der Waals surface area contributed by atoms with Crippen molar-refractivity contribution in [1.29, 1.82) is 5.26 Å². The molecule has 0 aliphatic carbocycles. The van der Waals surface area contributed by atoms with Crippen molar-refractivity contribution in [3.05, 3.63) is 23.8 Å². The van der Waals surface area contributed by atoms with E-state index in [9.17, 15) is 0 Å². The van der Waals surface area contributed by atoms with Crippen molar-refractivity contribution >= 4 is 5.69 Å². The molecule has 0 N–H and O–H groups in total. The van der Waals surface area contributed by atoms with Crippen LogP contribution in [0.25, 0.3) is 0 Å². The molecule has 3 heteroatoms. The van der Waals surface area contributed by atoms with Gasteiger partial charge in [-0.3, -0.25) is 0 Å². The van der Waals surface area contributed by atoms with Crippen molar-refractivity contribution in [2.75, 3.05) is 18.0 Å². The molecule has 1 unspecified atom stereocenters. The van der Waals surface area contributed by atoms with Gasteiger partial charge in [-0.15, -0.1) is 0 Å². The largest absolute Gasteiger partial charge is 0.486 e. The topological polar surface area (TPSA) is 36.3 Å². The van der Waals surface area contributed by atoms with E-state index in [2.05, 4.69) is 43.9 Å². The second-order valence-electron chi connectivity index (χ2n) is 5.09. The van der Waals surface area contributed by atoms with Crippen LogP contribution in [0.4, 0.5) is 5.69 Å². The molecule has 0 amide bonds. The van der Waals surface area contributed by atoms with Gasteiger partial charge in [0.15, 0.2) is 0 Å². The first-order valence-electron chi connectivity index (χ1n) is 6.57. The number of nitriles is 1. The maximum absolute atomic E-state index is 8.96. The summed E-state index contributed by atoms with van der Waals surface area (Å²) in [7, 11) is 0. The van der Waals surface area contributed by atoms with Crippen molar-refractivity contribution in [3.63, 3.8) is 0 Å². The van der Waals surface area contributed by atoms with Crippen molar-refractivity contribution in [3.8, 4) is 11.8 Å². The van der Waals surface area contributed by atoms with E-state index in [1.54, 1.807) is 0 Å². The Morgan fingerprint density at radius 1 is 1.50 bits per heavy atom. The molecule has 0 saturated heterocycles. The zero-order valence-corrected chi connectivity index (χ0v) is 11.3. The third-order valence-corrected chi connectivity index (χ3v) is 3.46. The summed E-state index contributed by atoms with van der Waals surface area (Å²) in [6.45, 7) is 7.66. The van der Waals surface area contributed by atoms with Gasteiger partial charge in [0, 0.05) is 0 Å². The predicted molar refractivity (Wildman–Crippen MR) is 72.9 cm³/mol. The molecule has 1 aliphatic rings. The molecule has 0 spiro atoms. The summed E-state index contributed by atoms with van der Waals surface area (Å²) in [5, 5.41) is 8.96. The number of nitrogens with zero attached hydrogens (tertiary/aromatic N) is 2. The lowest BCUT2D eigenvalue weighted by molar-refractivity contribution is 0.146. The summed E-state index contributed by atoms with van der Waals surface area (Å²) in [6.07, 6.45) is 1.17. The van der Waals surface area contributed by atoms with Gasteiger partial charge < -0.3 is 9.64 Å². The molecule has 2 rings (SSSR count). The van der Waals surface area contributed by atoms with E-state index in [4.69, 9.17) is 10.00 Å². The Morgan fingerprint density at radius 3 is 2.89 bits per heavy atom. The van der Waals surface area contributed by atoms with Gasteiger partial charge in [-0.05, 0) is 30.0 Å². The highest BCUT2D eigenvalue weighted by Gasteiger charge is 2.27. The average molecular weight is 244 g/mol. The van der Waals surface area contributed by atoms with Crippen molar-refractivity contribution in [2.24, 2.45) is 5.92 Å². The van der Waals surface area contributed by atoms with Gasteiger partial charge in [-0.25, -0.2) is 0 Å². The molecule has 0 bridgehead atoms. The van der Waals surface area contributed by atoms with E-state index in [0.29, 0.717) is 12.5 Å². The summed E-state index contributed by atoms with van der Waals surface area (Å²) in [6, 6.07) is 8.53. The molecular formula is C15H20N2O. The van der Waals surface area contributed by atoms with E-state index >= 15 is 0 Å². The Bertz CT molecular complexity index is 462. The summed E-state index contributed by atoms with van der Waals surface area (Å²) >= 11 is 0. The second-order valence-corrected chi connectivity index (χ2v) is 5.09. The monoisotopic (exact) mass is 244 g/mol. The third kappa shape index (κ3) is 2.43. The lowest BCUT2D eigenvalue weighted by Gasteiger charge is -2.37. The fourth-order valence-corrected chi connectivity index (χ4v) is 2.23. The Hall–Kier alpha value is -1.69. The summed E-state index contributed by atoms with van der Waals surface area (Å²) in [5.41, 5.74) is 2.34. The summed E-state index contributed by atoms with van der Waals surface area (Å²) in [5.74, 6) is 1.36. The molecular weight excluding hydrogens is 224 g/mol. The van der Waals surface area contributed by atoms with E-state index in [1.807, 2.05) is 6.07 Å². The molecule has 1 aromatic carbocycles. The molecule has 0 radical (unpaired) electrons. The van der Waals surface area contributed by atoms with Crippen molar-refractivity contribution < 1.29 is 4.74 Å². The zero-order chi connectivity index (χ0) is 13.1.